The third kappa shape index (κ3) is 2.39. The molecule has 5 nitrogen and oxygen atoms in total. The van der Waals surface area contributed by atoms with Crippen LogP contribution in [-0.4, -0.2) is 20.6 Å². The maximum absolute atomic E-state index is 11.8. The number of hydrogen-bond acceptors (Lipinski definition) is 3. The van der Waals surface area contributed by atoms with Crippen molar-refractivity contribution < 1.29 is 9.90 Å². The first-order valence-electron chi connectivity index (χ1n) is 5.00. The van der Waals surface area contributed by atoms with Gasteiger partial charge < -0.3 is 9.67 Å². The molecule has 0 saturated carbocycles. The van der Waals surface area contributed by atoms with Crippen LogP contribution in [0.25, 0.3) is 0 Å². The molecule has 2 heterocycles. The lowest BCUT2D eigenvalue weighted by atomic mass is 10.2. The van der Waals surface area contributed by atoms with Crippen molar-refractivity contribution in [3.63, 3.8) is 0 Å². The number of carboxylic acid groups (broad SMARTS) is 1. The molecule has 2 aromatic rings. The van der Waals surface area contributed by atoms with Crippen LogP contribution in [0.5, 0.6) is 0 Å². The zero-order valence-corrected chi connectivity index (χ0v) is 8.91. The molecule has 0 aliphatic heterocycles. The van der Waals surface area contributed by atoms with Crippen LogP contribution in [0.4, 0.5) is 0 Å². The number of rotatable bonds is 3. The fourth-order valence-electron chi connectivity index (χ4n) is 1.51. The summed E-state index contributed by atoms with van der Waals surface area (Å²) in [6, 6.07) is 6.40. The van der Waals surface area contributed by atoms with Crippen molar-refractivity contribution in [1.29, 1.82) is 0 Å². The smallest absolute Gasteiger partial charge is 0.341 e. The Morgan fingerprint density at radius 3 is 2.65 bits per heavy atom. The molecule has 5 heteroatoms. The number of carbonyl (C=O) groups is 1. The van der Waals surface area contributed by atoms with Gasteiger partial charge in [-0.15, -0.1) is 0 Å². The van der Waals surface area contributed by atoms with Gasteiger partial charge in [0.2, 0.25) is 0 Å². The van der Waals surface area contributed by atoms with Crippen molar-refractivity contribution in [3.8, 4) is 0 Å². The Bertz CT molecular complexity index is 590. The minimum atomic E-state index is -1.21. The lowest BCUT2D eigenvalue weighted by Gasteiger charge is -2.05. The van der Waals surface area contributed by atoms with Crippen LogP contribution >= 0.6 is 0 Å². The molecular weight excluding hydrogens is 220 g/mol. The topological polar surface area (TPSA) is 72.2 Å². The van der Waals surface area contributed by atoms with E-state index in [9.17, 15) is 9.59 Å². The predicted octanol–water partition coefficient (Wildman–Crippen LogP) is 0.990. The minimum absolute atomic E-state index is 0.221. The standard InChI is InChI=1S/C12H10N2O3/c15-11-10(12(16)17)2-1-7-14(11)8-9-3-5-13-6-4-9/h1-7H,8H2,(H,16,17). The van der Waals surface area contributed by atoms with Crippen molar-refractivity contribution >= 4 is 5.97 Å². The van der Waals surface area contributed by atoms with Gasteiger partial charge in [-0.25, -0.2) is 4.79 Å². The van der Waals surface area contributed by atoms with Crippen LogP contribution < -0.4 is 5.56 Å². The van der Waals surface area contributed by atoms with Crippen molar-refractivity contribution in [1.82, 2.24) is 9.55 Å². The van der Waals surface area contributed by atoms with E-state index in [2.05, 4.69) is 4.98 Å². The second kappa shape index (κ2) is 4.61. The van der Waals surface area contributed by atoms with E-state index in [1.165, 1.54) is 10.6 Å². The molecule has 2 rings (SSSR count). The first-order valence-corrected chi connectivity index (χ1v) is 5.00. The molecule has 86 valence electrons. The molecule has 0 aliphatic carbocycles. The van der Waals surface area contributed by atoms with E-state index in [1.54, 1.807) is 36.8 Å². The highest BCUT2D eigenvalue weighted by molar-refractivity contribution is 5.86. The van der Waals surface area contributed by atoms with Gasteiger partial charge in [0.15, 0.2) is 0 Å². The van der Waals surface area contributed by atoms with Gasteiger partial charge in [0.25, 0.3) is 5.56 Å². The van der Waals surface area contributed by atoms with Gasteiger partial charge in [0.1, 0.15) is 5.56 Å². The summed E-state index contributed by atoms with van der Waals surface area (Å²) in [6.07, 6.45) is 4.82. The van der Waals surface area contributed by atoms with Gasteiger partial charge in [0.05, 0.1) is 6.54 Å². The zero-order chi connectivity index (χ0) is 12.3. The maximum Gasteiger partial charge on any atom is 0.341 e. The molecule has 0 fully saturated rings. The summed E-state index contributed by atoms with van der Waals surface area (Å²) in [7, 11) is 0. The van der Waals surface area contributed by atoms with Gasteiger partial charge in [-0.3, -0.25) is 9.78 Å². The molecule has 17 heavy (non-hydrogen) atoms. The predicted molar refractivity (Wildman–Crippen MR) is 61.0 cm³/mol. The summed E-state index contributed by atoms with van der Waals surface area (Å²) in [5.74, 6) is -1.21. The molecule has 0 aliphatic rings. The van der Waals surface area contributed by atoms with E-state index < -0.39 is 11.5 Å². The highest BCUT2D eigenvalue weighted by Gasteiger charge is 2.09. The Kier molecular flexibility index (Phi) is 3.00. The average molecular weight is 230 g/mol. The van der Waals surface area contributed by atoms with E-state index in [4.69, 9.17) is 5.11 Å². The first-order chi connectivity index (χ1) is 8.18. The average Bonchev–Trinajstić information content (AvgIpc) is 2.33. The molecule has 0 spiro atoms. The number of aromatic carboxylic acids is 1. The second-order valence-electron chi connectivity index (χ2n) is 3.52. The molecule has 0 saturated heterocycles. The minimum Gasteiger partial charge on any atom is -0.477 e. The van der Waals surface area contributed by atoms with Gasteiger partial charge >= 0.3 is 5.97 Å². The summed E-state index contributed by atoms with van der Waals surface area (Å²) < 4.78 is 1.36. The number of pyridine rings is 2. The summed E-state index contributed by atoms with van der Waals surface area (Å²) >= 11 is 0. The van der Waals surface area contributed by atoms with Crippen molar-refractivity contribution in [2.24, 2.45) is 0 Å². The molecule has 0 unspecified atom stereocenters. The number of nitrogens with zero attached hydrogens (tertiary/aromatic N) is 2. The lowest BCUT2D eigenvalue weighted by molar-refractivity contribution is 0.0694. The fraction of sp³-hybridized carbons (Fsp3) is 0.0833. The van der Waals surface area contributed by atoms with Crippen molar-refractivity contribution in [2.75, 3.05) is 0 Å². The van der Waals surface area contributed by atoms with Gasteiger partial charge in [-0.1, -0.05) is 0 Å². The normalized spacial score (nSPS) is 10.1. The number of hydrogen-bond donors (Lipinski definition) is 1. The van der Waals surface area contributed by atoms with E-state index in [1.807, 2.05) is 0 Å². The summed E-state index contributed by atoms with van der Waals surface area (Å²) in [6.45, 7) is 0.336. The Balaban J connectivity index is 2.38. The Morgan fingerprint density at radius 2 is 2.00 bits per heavy atom. The van der Waals surface area contributed by atoms with Gasteiger partial charge in [0, 0.05) is 18.6 Å². The van der Waals surface area contributed by atoms with Crippen molar-refractivity contribution in [2.45, 2.75) is 6.54 Å². The van der Waals surface area contributed by atoms with Crippen LogP contribution in [0.1, 0.15) is 15.9 Å². The summed E-state index contributed by atoms with van der Waals surface area (Å²) in [5.41, 5.74) is 0.169. The monoisotopic (exact) mass is 230 g/mol. The van der Waals surface area contributed by atoms with Crippen LogP contribution in [0, 0.1) is 0 Å². The maximum atomic E-state index is 11.8. The lowest BCUT2D eigenvalue weighted by Crippen LogP contribution is -2.25. The largest absolute Gasteiger partial charge is 0.477 e. The summed E-state index contributed by atoms with van der Waals surface area (Å²) in [5, 5.41) is 8.83. The molecule has 0 atom stereocenters. The third-order valence-corrected chi connectivity index (χ3v) is 2.35. The molecule has 1 N–H and O–H groups in total. The quantitative estimate of drug-likeness (QED) is 0.853. The van der Waals surface area contributed by atoms with Crippen LogP contribution in [0.3, 0.4) is 0 Å². The Hall–Kier alpha value is -2.43. The SMILES string of the molecule is O=C(O)c1cccn(Cc2ccncc2)c1=O. The van der Waals surface area contributed by atoms with Gasteiger partial charge in [-0.05, 0) is 29.8 Å². The molecule has 2 aromatic heterocycles. The molecule has 0 amide bonds. The fourth-order valence-corrected chi connectivity index (χ4v) is 1.51. The van der Waals surface area contributed by atoms with Crippen LogP contribution in [-0.2, 0) is 6.54 Å². The Labute approximate surface area is 97.0 Å². The number of aromatic nitrogens is 2. The van der Waals surface area contributed by atoms with Crippen molar-refractivity contribution in [3.05, 3.63) is 64.3 Å². The van der Waals surface area contributed by atoms with E-state index in [0.29, 0.717) is 6.54 Å². The highest BCUT2D eigenvalue weighted by atomic mass is 16.4. The molecule has 0 aromatic carbocycles. The highest BCUT2D eigenvalue weighted by Crippen LogP contribution is 2.00. The first kappa shape index (κ1) is 11.1. The van der Waals surface area contributed by atoms with E-state index in [0.717, 1.165) is 5.56 Å². The molecule has 0 radical (unpaired) electrons. The molecular formula is C12H10N2O3. The van der Waals surface area contributed by atoms with Gasteiger partial charge in [-0.2, -0.15) is 0 Å². The van der Waals surface area contributed by atoms with Crippen LogP contribution in [0.2, 0.25) is 0 Å². The zero-order valence-electron chi connectivity index (χ0n) is 8.91. The van der Waals surface area contributed by atoms with Crippen LogP contribution in [0.15, 0.2) is 47.7 Å². The Morgan fingerprint density at radius 1 is 1.29 bits per heavy atom. The molecule has 0 bridgehead atoms. The summed E-state index contributed by atoms with van der Waals surface area (Å²) in [4.78, 5) is 26.5. The number of carboxylic acids is 1. The second-order valence-corrected chi connectivity index (χ2v) is 3.52. The van der Waals surface area contributed by atoms with E-state index >= 15 is 0 Å². The third-order valence-electron chi connectivity index (χ3n) is 2.35. The van der Waals surface area contributed by atoms with E-state index in [-0.39, 0.29) is 5.56 Å².